The number of allylic oxidation sites excluding steroid dienone is 20. The van der Waals surface area contributed by atoms with Crippen LogP contribution in [0.3, 0.4) is 0 Å². The lowest BCUT2D eigenvalue weighted by Crippen LogP contribution is -2.10. The molecule has 0 saturated carbocycles. The van der Waals surface area contributed by atoms with E-state index in [1.54, 1.807) is 52.3 Å². The summed E-state index contributed by atoms with van der Waals surface area (Å²) in [5.41, 5.74) is 12.7. The molecule has 22 heteroatoms. The lowest BCUT2D eigenvalue weighted by Gasteiger charge is -2.07. The predicted octanol–water partition coefficient (Wildman–Crippen LogP) is 30.4. The number of nitrogens with zero attached hydrogens (tertiary/aromatic N) is 2. The van der Waals surface area contributed by atoms with Gasteiger partial charge in [-0.1, -0.05) is 298 Å². The largest absolute Gasteiger partial charge is 0.478 e. The van der Waals surface area contributed by atoms with Crippen molar-refractivity contribution in [2.45, 2.75) is 374 Å². The molecule has 2 aromatic rings. The van der Waals surface area contributed by atoms with E-state index in [9.17, 15) is 65.3 Å². The molecule has 0 aromatic heterocycles. The van der Waals surface area contributed by atoms with Crippen LogP contribution in [0.25, 0.3) is 0 Å². The van der Waals surface area contributed by atoms with E-state index < -0.39 is 27.8 Å². The number of rotatable bonds is 38. The third kappa shape index (κ3) is 80.4. The molecule has 0 amide bonds. The number of nitriles is 1. The van der Waals surface area contributed by atoms with Gasteiger partial charge in [0.1, 0.15) is 0 Å². The molecule has 0 atom stereocenters. The summed E-state index contributed by atoms with van der Waals surface area (Å²) < 4.78 is 79.2. The number of ether oxygens (including phenoxy) is 3. The standard InChI is InChI=1S/C13H16O.C13H18.C10H18O2.C9H16O2.C9H16O.C8H14O2.C8H14O.C7H11F3.C7H11N.C7H12O2.C6H11NO2.C6H12O3S/c1-3-8-11(4-2)13(14)12-9-6-5-7-10-12;1-3-8-12(4-2)11-13-9-6-5-7-10-13;1-5-8(4)9(6-2)10(11)12-7-3;1-4-7-8(5-2)9(10)11-6-3;1-5-7(3)9(6-2)8(4)10;1-4-6-7(5-2)8(9)10-3;1-4-6-8(5-2)7(3)9;1-3-5-6(4-2)7(8,9)10;1-3-5-7(4-2)6-8;2*1-3-5-6(4-2)7(8)9;1-3-5-6(4-2)10(7,8)9/h5-10H,3-4H2,1-2H3;5-10H,3-4,11H2,1-2H3;5-7H2,1-4H3;7H,4-6H2,1-3H3;5-6H2,1-4H3;6H,4-5H2,1-3H3;6H,4-5H2,1-3H3;5H,3-4H2,1-2H3;5H,3-4H2,1-2H3;5H,3-4H2,1-2H3,(H,8,9);5H,3-4H2,1-2H3;5H,3-4H2,1-2H3,(H,7,8,9)/b11-8+;12-8+;9-8+;8-7+;9-7+;7-6+;8-6+;6-5+;7-5+;3*6-5+. The maximum atomic E-state index is 11.9. The highest BCUT2D eigenvalue weighted by Gasteiger charge is 2.31. The monoisotopic (exact) mass is 1780 g/mol. The van der Waals surface area contributed by atoms with Gasteiger partial charge in [0.25, 0.3) is 10.1 Å². The van der Waals surface area contributed by atoms with Crippen LogP contribution in [0.4, 0.5) is 13.2 Å². The molecule has 2 aromatic carbocycles. The third-order valence-electron chi connectivity index (χ3n) is 17.5. The van der Waals surface area contributed by atoms with Crippen LogP contribution in [0.5, 0.6) is 0 Å². The lowest BCUT2D eigenvalue weighted by atomic mass is 10.0. The van der Waals surface area contributed by atoms with Crippen molar-refractivity contribution >= 4 is 51.3 Å². The van der Waals surface area contributed by atoms with Crippen molar-refractivity contribution in [2.75, 3.05) is 20.3 Å². The molecule has 0 spiro atoms. The molecule has 0 aliphatic rings. The molecular formula is C103H169F3N2O16S. The molecule has 0 bridgehead atoms. The van der Waals surface area contributed by atoms with Gasteiger partial charge in [0.2, 0.25) is 5.70 Å². The number of benzene rings is 2. The van der Waals surface area contributed by atoms with E-state index in [1.165, 1.54) is 43.7 Å². The second-order valence-electron chi connectivity index (χ2n) is 26.9. The van der Waals surface area contributed by atoms with Crippen molar-refractivity contribution in [1.82, 2.24) is 0 Å². The topological polar surface area (TPSA) is 289 Å². The van der Waals surface area contributed by atoms with E-state index in [-0.39, 0.29) is 51.5 Å². The average molecular weight is 1780 g/mol. The fourth-order valence-electron chi connectivity index (χ4n) is 10.5. The maximum absolute atomic E-state index is 11.9. The normalized spacial score (nSPS) is 12.0. The Morgan fingerprint density at radius 2 is 0.816 bits per heavy atom. The number of carboxylic acids is 1. The molecular weight excluding hydrogens is 1610 g/mol. The van der Waals surface area contributed by atoms with E-state index in [0.29, 0.717) is 56.6 Å². The number of methoxy groups -OCH3 is 1. The number of halogens is 3. The van der Waals surface area contributed by atoms with Gasteiger partial charge in [-0.05, 0) is 224 Å². The predicted molar refractivity (Wildman–Crippen MR) is 519 cm³/mol. The summed E-state index contributed by atoms with van der Waals surface area (Å²) in [5, 5.41) is 26.8. The summed E-state index contributed by atoms with van der Waals surface area (Å²) in [5.74, 6) is -0.726. The number of carboxylic acid groups (broad SMARTS) is 1. The number of ketones is 3. The zero-order valence-electron chi connectivity index (χ0n) is 83.2. The Morgan fingerprint density at radius 1 is 0.432 bits per heavy atom. The van der Waals surface area contributed by atoms with E-state index >= 15 is 0 Å². The second-order valence-corrected chi connectivity index (χ2v) is 28.4. The molecule has 0 saturated heterocycles. The Balaban J connectivity index is -0.000000145. The fraction of sp³-hybridized carbons (Fsp3) is 0.573. The first kappa shape index (κ1) is 136. The maximum Gasteiger partial charge on any atom is 0.412 e. The molecule has 0 heterocycles. The minimum Gasteiger partial charge on any atom is -0.478 e. The number of aliphatic carboxylic acids is 1. The van der Waals surface area contributed by atoms with Crippen molar-refractivity contribution in [1.29, 1.82) is 5.26 Å². The highest BCUT2D eigenvalue weighted by Crippen LogP contribution is 2.28. The van der Waals surface area contributed by atoms with Gasteiger partial charge in [-0.25, -0.2) is 19.2 Å². The van der Waals surface area contributed by atoms with Crippen LogP contribution >= 0.6 is 0 Å². The number of carbonyl (C=O) groups excluding carboxylic acids is 6. The minimum absolute atomic E-state index is 0.0668. The minimum atomic E-state index is -4.12. The van der Waals surface area contributed by atoms with Gasteiger partial charge < -0.3 is 19.3 Å². The zero-order chi connectivity index (χ0) is 98.9. The van der Waals surface area contributed by atoms with E-state index in [0.717, 1.165) is 166 Å². The lowest BCUT2D eigenvalue weighted by molar-refractivity contribution is -0.427. The van der Waals surface area contributed by atoms with Crippen molar-refractivity contribution < 1.29 is 83.9 Å². The summed E-state index contributed by atoms with van der Waals surface area (Å²) in [4.78, 5) is 86.8. The van der Waals surface area contributed by atoms with Crippen LogP contribution in [-0.2, 0) is 59.5 Å². The fourth-order valence-corrected chi connectivity index (χ4v) is 11.2. The summed E-state index contributed by atoms with van der Waals surface area (Å²) in [6.45, 7) is 58.6. The van der Waals surface area contributed by atoms with Gasteiger partial charge in [0.05, 0.1) is 36.2 Å². The number of esters is 3. The molecule has 125 heavy (non-hydrogen) atoms. The summed E-state index contributed by atoms with van der Waals surface area (Å²) in [6.07, 6.45) is 33.9. The van der Waals surface area contributed by atoms with Crippen LogP contribution in [0, 0.1) is 21.4 Å². The molecule has 0 unspecified atom stereocenters. The average Bonchev–Trinajstić information content (AvgIpc) is 0.891. The number of Topliss-reactive ketones (excluding diaryl/α,β-unsaturated/α-hetero) is 3. The van der Waals surface area contributed by atoms with Gasteiger partial charge in [0, 0.05) is 45.4 Å². The Kier molecular flexibility index (Phi) is 102. The second kappa shape index (κ2) is 93.9. The summed E-state index contributed by atoms with van der Waals surface area (Å²) in [6, 6.07) is 22.2. The molecule has 0 aliphatic carbocycles. The molecule has 0 aliphatic heterocycles. The van der Waals surface area contributed by atoms with E-state index in [4.69, 9.17) is 24.4 Å². The number of alkyl halides is 3. The number of carbonyl (C=O) groups is 7. The molecule has 0 fully saturated rings. The van der Waals surface area contributed by atoms with Gasteiger partial charge in [-0.15, -0.1) is 0 Å². The van der Waals surface area contributed by atoms with E-state index in [1.807, 2.05) is 206 Å². The SMILES string of the molecule is CC/C(C)=C(\CC)C(C)=O.CC/C=C(/C#N)CC.CC/C=C(\CC)C(=O)O.CC/C=C(\CC)C(=O)OC.CC/C=C(\CC)C(=O)OCC.CC/C=C(\CC)C(=O)c1ccccc1.CC/C=C(\CC)C(C)=O.CC/C=C(\CC)C(F)(F)F.CC/C=C(\CC)Cc1ccccc1.CC/C=C(\CC)S(=O)(=O)O.CC/C=C(\CC)[N+](=O)[O-].CCOC(=O)/C(CC)=C(\C)CC. The van der Waals surface area contributed by atoms with Crippen LogP contribution in [0.2, 0.25) is 0 Å². The first-order valence-corrected chi connectivity index (χ1v) is 46.6. The van der Waals surface area contributed by atoms with Gasteiger partial charge in [-0.3, -0.25) is 29.1 Å². The molecule has 714 valence electrons. The summed E-state index contributed by atoms with van der Waals surface area (Å²) in [7, 11) is -2.51. The Labute approximate surface area is 757 Å². The van der Waals surface area contributed by atoms with Crippen LogP contribution in [0.15, 0.2) is 199 Å². The van der Waals surface area contributed by atoms with Gasteiger partial charge >= 0.3 is 30.1 Å². The van der Waals surface area contributed by atoms with Crippen LogP contribution in [-0.4, -0.2) is 90.7 Å². The van der Waals surface area contributed by atoms with Crippen molar-refractivity contribution in [3.63, 3.8) is 0 Å². The Hall–Kier alpha value is -9.20. The quantitative estimate of drug-likeness (QED) is 0.00727. The number of hydrogen-bond donors (Lipinski definition) is 2. The van der Waals surface area contributed by atoms with Crippen molar-refractivity contribution in [3.8, 4) is 6.07 Å². The van der Waals surface area contributed by atoms with Crippen molar-refractivity contribution in [3.05, 3.63) is 220 Å². The molecule has 0 radical (unpaired) electrons. The van der Waals surface area contributed by atoms with Crippen LogP contribution < -0.4 is 0 Å². The highest BCUT2D eigenvalue weighted by atomic mass is 32.2. The first-order valence-electron chi connectivity index (χ1n) is 45.2. The molecule has 2 rings (SSSR count). The highest BCUT2D eigenvalue weighted by molar-refractivity contribution is 7.89. The van der Waals surface area contributed by atoms with E-state index in [2.05, 4.69) is 68.0 Å². The van der Waals surface area contributed by atoms with Crippen LogP contribution in [0.1, 0.15) is 378 Å². The molecule has 2 N–H and O–H groups in total. The third-order valence-corrected chi connectivity index (χ3v) is 18.6. The van der Waals surface area contributed by atoms with Gasteiger partial charge in [-0.2, -0.15) is 26.9 Å². The summed E-state index contributed by atoms with van der Waals surface area (Å²) >= 11 is 0. The first-order chi connectivity index (χ1) is 59.0. The zero-order valence-corrected chi connectivity index (χ0v) is 84.0. The molecule has 18 nitrogen and oxygen atoms in total. The van der Waals surface area contributed by atoms with Crippen molar-refractivity contribution in [2.24, 2.45) is 0 Å². The Morgan fingerprint density at radius 3 is 1.06 bits per heavy atom. The number of nitro groups is 1. The van der Waals surface area contributed by atoms with Gasteiger partial charge in [0.15, 0.2) is 17.3 Å². The smallest absolute Gasteiger partial charge is 0.412 e. The number of hydrogen-bond acceptors (Lipinski definition) is 15. The Bertz CT molecular complexity index is 3700.